The molecule has 0 aromatic heterocycles. The molecule has 1 amide bonds. The number of nitrogens with zero attached hydrogens (tertiary/aromatic N) is 1. The predicted octanol–water partition coefficient (Wildman–Crippen LogP) is 2.07. The third kappa shape index (κ3) is 2.13. The maximum absolute atomic E-state index is 12.3. The molecule has 0 bridgehead atoms. The standard InChI is InChI=1S/C15H19N3O2/c1-8-5-6-9(14(16)18-20)7-12(8)17-15(19)13-10-3-2-4-11(10)13/h5-7,10-11,13,20H,2-4H2,1H3,(H2,16,18)(H,17,19). The molecule has 2 unspecified atom stereocenters. The molecule has 20 heavy (non-hydrogen) atoms. The number of carbonyl (C=O) groups excluding carboxylic acids is 1. The van der Waals surface area contributed by atoms with Crippen LogP contribution in [0.4, 0.5) is 5.69 Å². The Bertz CT molecular complexity index is 572. The highest BCUT2D eigenvalue weighted by Gasteiger charge is 2.56. The van der Waals surface area contributed by atoms with Crippen molar-refractivity contribution in [3.63, 3.8) is 0 Å². The van der Waals surface area contributed by atoms with Crippen LogP contribution in [0.15, 0.2) is 23.4 Å². The molecule has 3 rings (SSSR count). The zero-order chi connectivity index (χ0) is 14.3. The van der Waals surface area contributed by atoms with E-state index in [0.717, 1.165) is 11.3 Å². The fourth-order valence-corrected chi connectivity index (χ4v) is 3.40. The lowest BCUT2D eigenvalue weighted by Crippen LogP contribution is -2.18. The molecule has 2 saturated carbocycles. The van der Waals surface area contributed by atoms with Crippen LogP contribution in [0.25, 0.3) is 0 Å². The lowest BCUT2D eigenvalue weighted by atomic mass is 10.1. The van der Waals surface area contributed by atoms with E-state index in [0.29, 0.717) is 17.4 Å². The smallest absolute Gasteiger partial charge is 0.228 e. The van der Waals surface area contributed by atoms with Crippen molar-refractivity contribution >= 4 is 17.4 Å². The summed E-state index contributed by atoms with van der Waals surface area (Å²) in [5.41, 5.74) is 7.89. The summed E-state index contributed by atoms with van der Waals surface area (Å²) in [5, 5.41) is 14.7. The van der Waals surface area contributed by atoms with Crippen molar-refractivity contribution in [2.45, 2.75) is 26.2 Å². The van der Waals surface area contributed by atoms with Gasteiger partial charge in [0.25, 0.3) is 0 Å². The van der Waals surface area contributed by atoms with Gasteiger partial charge >= 0.3 is 0 Å². The molecule has 0 saturated heterocycles. The number of carbonyl (C=O) groups is 1. The lowest BCUT2D eigenvalue weighted by Gasteiger charge is -2.11. The van der Waals surface area contributed by atoms with Crippen molar-refractivity contribution in [1.29, 1.82) is 0 Å². The Morgan fingerprint density at radius 3 is 2.75 bits per heavy atom. The SMILES string of the molecule is Cc1ccc(/C(N)=N/O)cc1NC(=O)C1C2CCCC21. The van der Waals surface area contributed by atoms with Gasteiger partial charge in [-0.1, -0.05) is 23.7 Å². The number of rotatable bonds is 3. The molecule has 2 aliphatic carbocycles. The van der Waals surface area contributed by atoms with E-state index in [1.54, 1.807) is 12.1 Å². The van der Waals surface area contributed by atoms with E-state index in [1.807, 2.05) is 13.0 Å². The van der Waals surface area contributed by atoms with Gasteiger partial charge in [-0.05, 0) is 43.2 Å². The molecule has 0 aliphatic heterocycles. The second-order valence-corrected chi connectivity index (χ2v) is 5.79. The second-order valence-electron chi connectivity index (χ2n) is 5.79. The summed E-state index contributed by atoms with van der Waals surface area (Å²) >= 11 is 0. The van der Waals surface area contributed by atoms with Gasteiger partial charge in [0, 0.05) is 17.2 Å². The largest absolute Gasteiger partial charge is 0.409 e. The highest BCUT2D eigenvalue weighted by Crippen LogP contribution is 2.57. The molecule has 2 fully saturated rings. The number of anilines is 1. The molecule has 106 valence electrons. The molecular formula is C15H19N3O2. The van der Waals surface area contributed by atoms with Crippen LogP contribution in [-0.2, 0) is 4.79 Å². The third-order valence-electron chi connectivity index (χ3n) is 4.61. The molecule has 0 radical (unpaired) electrons. The summed E-state index contributed by atoms with van der Waals surface area (Å²) in [6.07, 6.45) is 3.63. The molecule has 1 aromatic carbocycles. The van der Waals surface area contributed by atoms with Crippen LogP contribution in [0.2, 0.25) is 0 Å². The highest BCUT2D eigenvalue weighted by molar-refractivity contribution is 6.00. The van der Waals surface area contributed by atoms with Crippen molar-refractivity contribution in [1.82, 2.24) is 0 Å². The molecule has 1 aromatic rings. The Morgan fingerprint density at radius 2 is 2.10 bits per heavy atom. The number of amides is 1. The van der Waals surface area contributed by atoms with Crippen molar-refractivity contribution in [3.05, 3.63) is 29.3 Å². The van der Waals surface area contributed by atoms with Gasteiger partial charge < -0.3 is 16.3 Å². The Kier molecular flexibility index (Phi) is 3.12. The molecule has 0 heterocycles. The first-order chi connectivity index (χ1) is 9.61. The summed E-state index contributed by atoms with van der Waals surface area (Å²) < 4.78 is 0. The first-order valence-corrected chi connectivity index (χ1v) is 7.01. The van der Waals surface area contributed by atoms with E-state index >= 15 is 0 Å². The molecule has 2 aliphatic rings. The van der Waals surface area contributed by atoms with E-state index in [2.05, 4.69) is 10.5 Å². The Balaban J connectivity index is 1.75. The number of nitrogens with two attached hydrogens (primary N) is 1. The third-order valence-corrected chi connectivity index (χ3v) is 4.61. The number of hydrogen-bond acceptors (Lipinski definition) is 3. The number of amidine groups is 1. The number of hydrogen-bond donors (Lipinski definition) is 3. The van der Waals surface area contributed by atoms with Crippen LogP contribution in [0.5, 0.6) is 0 Å². The van der Waals surface area contributed by atoms with E-state index in [4.69, 9.17) is 10.9 Å². The molecular weight excluding hydrogens is 254 g/mol. The lowest BCUT2D eigenvalue weighted by molar-refractivity contribution is -0.118. The first kappa shape index (κ1) is 13.0. The Morgan fingerprint density at radius 1 is 1.40 bits per heavy atom. The number of aryl methyl sites for hydroxylation is 1. The van der Waals surface area contributed by atoms with E-state index < -0.39 is 0 Å². The molecule has 0 spiro atoms. The van der Waals surface area contributed by atoms with E-state index in [9.17, 15) is 4.79 Å². The van der Waals surface area contributed by atoms with Crippen LogP contribution in [0, 0.1) is 24.7 Å². The fourth-order valence-electron chi connectivity index (χ4n) is 3.40. The average molecular weight is 273 g/mol. The van der Waals surface area contributed by atoms with Gasteiger partial charge in [-0.2, -0.15) is 0 Å². The van der Waals surface area contributed by atoms with Crippen LogP contribution in [0.1, 0.15) is 30.4 Å². The molecule has 2 atom stereocenters. The van der Waals surface area contributed by atoms with Crippen LogP contribution in [0.3, 0.4) is 0 Å². The first-order valence-electron chi connectivity index (χ1n) is 7.01. The molecule has 5 nitrogen and oxygen atoms in total. The van der Waals surface area contributed by atoms with Gasteiger partial charge in [0.1, 0.15) is 0 Å². The van der Waals surface area contributed by atoms with Gasteiger partial charge in [0.2, 0.25) is 5.91 Å². The Labute approximate surface area is 117 Å². The fraction of sp³-hybridized carbons (Fsp3) is 0.467. The van der Waals surface area contributed by atoms with Crippen molar-refractivity contribution < 1.29 is 10.0 Å². The van der Waals surface area contributed by atoms with Gasteiger partial charge in [-0.3, -0.25) is 4.79 Å². The van der Waals surface area contributed by atoms with Gasteiger partial charge in [-0.15, -0.1) is 0 Å². The summed E-state index contributed by atoms with van der Waals surface area (Å²) in [6, 6.07) is 5.38. The van der Waals surface area contributed by atoms with Crippen LogP contribution >= 0.6 is 0 Å². The molecule has 5 heteroatoms. The number of benzene rings is 1. The minimum absolute atomic E-state index is 0.0452. The quantitative estimate of drug-likeness (QED) is 0.341. The van der Waals surface area contributed by atoms with E-state index in [-0.39, 0.29) is 17.7 Å². The monoisotopic (exact) mass is 273 g/mol. The maximum Gasteiger partial charge on any atom is 0.228 e. The minimum Gasteiger partial charge on any atom is -0.409 e. The zero-order valence-corrected chi connectivity index (χ0v) is 11.5. The van der Waals surface area contributed by atoms with Gasteiger partial charge in [0.15, 0.2) is 5.84 Å². The number of fused-ring (bicyclic) bond motifs is 1. The van der Waals surface area contributed by atoms with Gasteiger partial charge in [0.05, 0.1) is 0 Å². The maximum atomic E-state index is 12.3. The normalized spacial score (nSPS) is 28.1. The summed E-state index contributed by atoms with van der Waals surface area (Å²) in [4.78, 5) is 12.3. The number of nitrogens with one attached hydrogen (secondary N) is 1. The number of oxime groups is 1. The van der Waals surface area contributed by atoms with Crippen LogP contribution < -0.4 is 11.1 Å². The van der Waals surface area contributed by atoms with Crippen molar-refractivity contribution in [2.75, 3.05) is 5.32 Å². The average Bonchev–Trinajstić information content (AvgIpc) is 2.94. The Hall–Kier alpha value is -2.04. The van der Waals surface area contributed by atoms with Crippen molar-refractivity contribution in [2.24, 2.45) is 28.6 Å². The summed E-state index contributed by atoms with van der Waals surface area (Å²) in [6.45, 7) is 1.93. The predicted molar refractivity (Wildman–Crippen MR) is 76.6 cm³/mol. The zero-order valence-electron chi connectivity index (χ0n) is 11.5. The van der Waals surface area contributed by atoms with E-state index in [1.165, 1.54) is 19.3 Å². The van der Waals surface area contributed by atoms with Crippen LogP contribution in [-0.4, -0.2) is 17.0 Å². The molecule has 4 N–H and O–H groups in total. The van der Waals surface area contributed by atoms with Crippen molar-refractivity contribution in [3.8, 4) is 0 Å². The highest BCUT2D eigenvalue weighted by atomic mass is 16.4. The topological polar surface area (TPSA) is 87.7 Å². The summed E-state index contributed by atoms with van der Waals surface area (Å²) in [7, 11) is 0. The van der Waals surface area contributed by atoms with Gasteiger partial charge in [-0.25, -0.2) is 0 Å². The second kappa shape index (κ2) is 4.81. The summed E-state index contributed by atoms with van der Waals surface area (Å²) in [5.74, 6) is 1.55. The minimum atomic E-state index is 0.0452.